The Morgan fingerprint density at radius 2 is 2.04 bits per heavy atom. The molecule has 0 aliphatic heterocycles. The van der Waals surface area contributed by atoms with E-state index in [-0.39, 0.29) is 12.1 Å². The van der Waals surface area contributed by atoms with Crippen molar-refractivity contribution in [1.29, 1.82) is 0 Å². The quantitative estimate of drug-likeness (QED) is 0.552. The van der Waals surface area contributed by atoms with Gasteiger partial charge < -0.3 is 20.1 Å². The van der Waals surface area contributed by atoms with Crippen LogP contribution in [0.5, 0.6) is 0 Å². The summed E-state index contributed by atoms with van der Waals surface area (Å²) in [6, 6.07) is 3.10. The molecule has 1 amide bonds. The van der Waals surface area contributed by atoms with E-state index in [1.165, 1.54) is 12.1 Å². The predicted octanol–water partition coefficient (Wildman–Crippen LogP) is 2.90. The van der Waals surface area contributed by atoms with E-state index in [0.29, 0.717) is 22.2 Å². The fourth-order valence-electron chi connectivity index (χ4n) is 2.60. The van der Waals surface area contributed by atoms with Crippen LogP contribution in [-0.4, -0.2) is 38.7 Å². The van der Waals surface area contributed by atoms with Gasteiger partial charge in [0.15, 0.2) is 0 Å². The zero-order chi connectivity index (χ0) is 19.6. The highest BCUT2D eigenvalue weighted by Crippen LogP contribution is 2.27. The number of aryl methyl sites for hydroxylation is 1. The SMILES string of the molecule is Cc1[nH]c2ccc([N+](=O)[O-])cc2c1CC(NC(=O)OC(C)(C)C)C(=O)O. The number of hydrogen-bond donors (Lipinski definition) is 3. The second-order valence-electron chi connectivity index (χ2n) is 6.96. The Bertz CT molecular complexity index is 865. The first-order valence-electron chi connectivity index (χ1n) is 7.96. The lowest BCUT2D eigenvalue weighted by Gasteiger charge is -2.22. The molecule has 1 heterocycles. The van der Waals surface area contributed by atoms with Crippen molar-refractivity contribution in [2.75, 3.05) is 0 Å². The van der Waals surface area contributed by atoms with Crippen LogP contribution in [0, 0.1) is 17.0 Å². The van der Waals surface area contributed by atoms with Gasteiger partial charge in [0, 0.05) is 35.2 Å². The van der Waals surface area contributed by atoms with Crippen molar-refractivity contribution in [1.82, 2.24) is 10.3 Å². The van der Waals surface area contributed by atoms with Gasteiger partial charge in [0.1, 0.15) is 11.6 Å². The second kappa shape index (κ2) is 7.03. The van der Waals surface area contributed by atoms with Gasteiger partial charge >= 0.3 is 12.1 Å². The minimum atomic E-state index is -1.23. The van der Waals surface area contributed by atoms with Crippen LogP contribution in [-0.2, 0) is 16.0 Å². The summed E-state index contributed by atoms with van der Waals surface area (Å²) in [5.74, 6) is -1.23. The van der Waals surface area contributed by atoms with Crippen molar-refractivity contribution in [3.05, 3.63) is 39.6 Å². The molecule has 0 aliphatic rings. The standard InChI is InChI=1S/C17H21N3O6/c1-9-11(12-7-10(20(24)25)5-6-13(12)18-9)8-14(15(21)22)19-16(23)26-17(2,3)4/h5-7,14,18H,8H2,1-4H3,(H,19,23)(H,21,22). The van der Waals surface area contributed by atoms with E-state index in [1.54, 1.807) is 33.8 Å². The zero-order valence-electron chi connectivity index (χ0n) is 15.0. The predicted molar refractivity (Wildman–Crippen MR) is 94.2 cm³/mol. The van der Waals surface area contributed by atoms with Crippen molar-refractivity contribution in [3.8, 4) is 0 Å². The monoisotopic (exact) mass is 363 g/mol. The number of nitrogens with zero attached hydrogens (tertiary/aromatic N) is 1. The van der Waals surface area contributed by atoms with Crippen molar-refractivity contribution in [2.45, 2.75) is 45.8 Å². The minimum Gasteiger partial charge on any atom is -0.480 e. The summed E-state index contributed by atoms with van der Waals surface area (Å²) >= 11 is 0. The highest BCUT2D eigenvalue weighted by molar-refractivity contribution is 5.88. The molecule has 9 nitrogen and oxygen atoms in total. The number of carboxylic acid groups (broad SMARTS) is 1. The third kappa shape index (κ3) is 4.50. The van der Waals surface area contributed by atoms with E-state index in [4.69, 9.17) is 4.74 Å². The van der Waals surface area contributed by atoms with Crippen molar-refractivity contribution in [2.24, 2.45) is 0 Å². The number of fused-ring (bicyclic) bond motifs is 1. The molecule has 9 heteroatoms. The molecule has 0 fully saturated rings. The molecule has 140 valence electrons. The fraction of sp³-hybridized carbons (Fsp3) is 0.412. The number of aliphatic carboxylic acids is 1. The fourth-order valence-corrected chi connectivity index (χ4v) is 2.60. The second-order valence-corrected chi connectivity index (χ2v) is 6.96. The van der Waals surface area contributed by atoms with Gasteiger partial charge in [0.05, 0.1) is 4.92 Å². The molecule has 26 heavy (non-hydrogen) atoms. The largest absolute Gasteiger partial charge is 0.480 e. The Morgan fingerprint density at radius 1 is 1.38 bits per heavy atom. The first-order chi connectivity index (χ1) is 12.0. The number of carbonyl (C=O) groups excluding carboxylic acids is 1. The van der Waals surface area contributed by atoms with Crippen molar-refractivity contribution < 1.29 is 24.4 Å². The lowest BCUT2D eigenvalue weighted by Crippen LogP contribution is -2.44. The molecule has 0 aliphatic carbocycles. The minimum absolute atomic E-state index is 0.0401. The van der Waals surface area contributed by atoms with Crippen molar-refractivity contribution >= 4 is 28.7 Å². The highest BCUT2D eigenvalue weighted by atomic mass is 16.6. The van der Waals surface area contributed by atoms with Crippen molar-refractivity contribution in [3.63, 3.8) is 0 Å². The number of hydrogen-bond acceptors (Lipinski definition) is 5. The number of H-pyrrole nitrogens is 1. The van der Waals surface area contributed by atoms with Crippen LogP contribution in [0.15, 0.2) is 18.2 Å². The van der Waals surface area contributed by atoms with Crippen LogP contribution in [0.4, 0.5) is 10.5 Å². The van der Waals surface area contributed by atoms with Crippen LogP contribution >= 0.6 is 0 Å². The molecular formula is C17H21N3O6. The first-order valence-corrected chi connectivity index (χ1v) is 7.96. The number of aromatic amines is 1. The van der Waals surface area contributed by atoms with Gasteiger partial charge in [-0.3, -0.25) is 10.1 Å². The van der Waals surface area contributed by atoms with Gasteiger partial charge in [-0.05, 0) is 39.3 Å². The van der Waals surface area contributed by atoms with E-state index >= 15 is 0 Å². The van der Waals surface area contributed by atoms with E-state index in [1.807, 2.05) is 0 Å². The molecule has 0 saturated heterocycles. The van der Waals surface area contributed by atoms with Gasteiger partial charge in [0.2, 0.25) is 0 Å². The summed E-state index contributed by atoms with van der Waals surface area (Å²) in [6.07, 6.45) is -0.880. The molecule has 0 saturated carbocycles. The van der Waals surface area contributed by atoms with Crippen LogP contribution < -0.4 is 5.32 Å². The lowest BCUT2D eigenvalue weighted by molar-refractivity contribution is -0.384. The number of nitrogens with one attached hydrogen (secondary N) is 2. The summed E-state index contributed by atoms with van der Waals surface area (Å²) in [5, 5.41) is 23.3. The molecule has 1 aromatic heterocycles. The molecule has 1 atom stereocenters. The number of ether oxygens (including phenoxy) is 1. The molecule has 2 aromatic rings. The molecule has 0 radical (unpaired) electrons. The summed E-state index contributed by atoms with van der Waals surface area (Å²) in [5.41, 5.74) is 1.07. The molecule has 2 rings (SSSR count). The van der Waals surface area contributed by atoms with Gasteiger partial charge in [-0.2, -0.15) is 0 Å². The number of rotatable bonds is 5. The maximum atomic E-state index is 11.9. The number of carbonyl (C=O) groups is 2. The normalized spacial score (nSPS) is 12.6. The first kappa shape index (κ1) is 19.2. The third-order valence-electron chi connectivity index (χ3n) is 3.71. The Morgan fingerprint density at radius 3 is 2.58 bits per heavy atom. The number of amides is 1. The molecule has 3 N–H and O–H groups in total. The summed E-state index contributed by atoms with van der Waals surface area (Å²) in [6.45, 7) is 6.76. The van der Waals surface area contributed by atoms with Crippen LogP contribution in [0.2, 0.25) is 0 Å². The zero-order valence-corrected chi connectivity index (χ0v) is 15.0. The van der Waals surface area contributed by atoms with Crippen LogP contribution in [0.1, 0.15) is 32.0 Å². The molecule has 0 spiro atoms. The van der Waals surface area contributed by atoms with Crippen LogP contribution in [0.25, 0.3) is 10.9 Å². The average Bonchev–Trinajstić information content (AvgIpc) is 2.79. The van der Waals surface area contributed by atoms with Gasteiger partial charge in [0.25, 0.3) is 5.69 Å². The molecule has 1 unspecified atom stereocenters. The lowest BCUT2D eigenvalue weighted by atomic mass is 10.0. The maximum Gasteiger partial charge on any atom is 0.408 e. The smallest absolute Gasteiger partial charge is 0.408 e. The summed E-state index contributed by atoms with van der Waals surface area (Å²) in [4.78, 5) is 37.0. The number of nitro groups is 1. The van der Waals surface area contributed by atoms with Gasteiger partial charge in [-0.25, -0.2) is 9.59 Å². The number of alkyl carbamates (subject to hydrolysis) is 1. The number of nitro benzene ring substituents is 1. The summed E-state index contributed by atoms with van der Waals surface area (Å²) < 4.78 is 5.10. The summed E-state index contributed by atoms with van der Waals surface area (Å²) in [7, 11) is 0. The highest BCUT2D eigenvalue weighted by Gasteiger charge is 2.26. The van der Waals surface area contributed by atoms with E-state index in [2.05, 4.69) is 10.3 Å². The Hall–Kier alpha value is -3.10. The van der Waals surface area contributed by atoms with E-state index in [9.17, 15) is 24.8 Å². The van der Waals surface area contributed by atoms with E-state index in [0.717, 1.165) is 0 Å². The Balaban J connectivity index is 2.32. The molecule has 0 bridgehead atoms. The van der Waals surface area contributed by atoms with Gasteiger partial charge in [-0.1, -0.05) is 0 Å². The number of carboxylic acids is 1. The average molecular weight is 363 g/mol. The Kier molecular flexibility index (Phi) is 5.20. The Labute approximate surface area is 149 Å². The van der Waals surface area contributed by atoms with Crippen LogP contribution in [0.3, 0.4) is 0 Å². The number of non-ortho nitro benzene ring substituents is 1. The van der Waals surface area contributed by atoms with E-state index < -0.39 is 28.6 Å². The molecule has 1 aromatic carbocycles. The molecular weight excluding hydrogens is 342 g/mol. The van der Waals surface area contributed by atoms with Gasteiger partial charge in [-0.15, -0.1) is 0 Å². The number of aromatic nitrogens is 1. The maximum absolute atomic E-state index is 11.9. The topological polar surface area (TPSA) is 135 Å². The number of benzene rings is 1. The third-order valence-corrected chi connectivity index (χ3v) is 3.71.